The molecule has 1 aromatic carbocycles. The Morgan fingerprint density at radius 1 is 1.33 bits per heavy atom. The third-order valence-corrected chi connectivity index (χ3v) is 5.64. The number of rotatable bonds is 4. The summed E-state index contributed by atoms with van der Waals surface area (Å²) < 4.78 is 7.49. The summed E-state index contributed by atoms with van der Waals surface area (Å²) in [4.78, 5) is 14.6. The van der Waals surface area contributed by atoms with Crippen LogP contribution in [0.4, 0.5) is 0 Å². The van der Waals surface area contributed by atoms with Crippen LogP contribution >= 0.6 is 39.9 Å². The van der Waals surface area contributed by atoms with Crippen molar-refractivity contribution in [1.29, 1.82) is 0 Å². The minimum absolute atomic E-state index is 0.0404. The Kier molecular flexibility index (Phi) is 5.27. The monoisotopic (exact) mass is 421 g/mol. The number of carbonyl (C=O) groups excluding carboxylic acids is 1. The number of nitrogens with zero attached hydrogens (tertiary/aromatic N) is 1. The quantitative estimate of drug-likeness (QED) is 0.473. The summed E-state index contributed by atoms with van der Waals surface area (Å²) in [5.74, 6) is 1.37. The van der Waals surface area contributed by atoms with E-state index in [2.05, 4.69) is 15.9 Å². The first kappa shape index (κ1) is 17.5. The maximum Gasteiger partial charge on any atom is 0.266 e. The van der Waals surface area contributed by atoms with Crippen molar-refractivity contribution in [3.05, 3.63) is 51.0 Å². The van der Waals surface area contributed by atoms with Gasteiger partial charge in [0.2, 0.25) is 0 Å². The van der Waals surface area contributed by atoms with Crippen molar-refractivity contribution in [3.63, 3.8) is 0 Å². The van der Waals surface area contributed by atoms with Crippen LogP contribution < -0.4 is 0 Å². The van der Waals surface area contributed by atoms with E-state index in [-0.39, 0.29) is 5.91 Å². The van der Waals surface area contributed by atoms with E-state index in [0.717, 1.165) is 22.2 Å². The first-order valence-corrected chi connectivity index (χ1v) is 9.63. The van der Waals surface area contributed by atoms with Crippen LogP contribution in [0.25, 0.3) is 17.4 Å². The van der Waals surface area contributed by atoms with Gasteiger partial charge in [0.05, 0.1) is 4.91 Å². The summed E-state index contributed by atoms with van der Waals surface area (Å²) in [6, 6.07) is 9.89. The van der Waals surface area contributed by atoms with Crippen LogP contribution in [0.1, 0.15) is 24.7 Å². The Labute approximate surface area is 159 Å². The van der Waals surface area contributed by atoms with Gasteiger partial charge < -0.3 is 4.42 Å². The molecule has 0 atom stereocenters. The lowest BCUT2D eigenvalue weighted by Gasteiger charge is -2.11. The number of halogens is 1. The Morgan fingerprint density at radius 2 is 2.12 bits per heavy atom. The predicted molar refractivity (Wildman–Crippen MR) is 107 cm³/mol. The van der Waals surface area contributed by atoms with E-state index in [0.29, 0.717) is 21.5 Å². The molecule has 0 unspecified atom stereocenters. The zero-order valence-electron chi connectivity index (χ0n) is 13.3. The average Bonchev–Trinajstić information content (AvgIpc) is 3.08. The van der Waals surface area contributed by atoms with Crippen molar-refractivity contribution in [3.8, 4) is 11.3 Å². The van der Waals surface area contributed by atoms with E-state index in [1.54, 1.807) is 11.0 Å². The van der Waals surface area contributed by atoms with E-state index in [1.165, 1.54) is 17.3 Å². The van der Waals surface area contributed by atoms with Gasteiger partial charge in [-0.15, -0.1) is 0 Å². The maximum absolute atomic E-state index is 12.4. The maximum atomic E-state index is 12.4. The van der Waals surface area contributed by atoms with Gasteiger partial charge in [-0.3, -0.25) is 9.69 Å². The van der Waals surface area contributed by atoms with Crippen molar-refractivity contribution in [2.45, 2.75) is 20.3 Å². The summed E-state index contributed by atoms with van der Waals surface area (Å²) in [6.07, 6.45) is 2.65. The summed E-state index contributed by atoms with van der Waals surface area (Å²) in [6.45, 7) is 4.72. The molecule has 0 aliphatic carbocycles. The fourth-order valence-electron chi connectivity index (χ4n) is 2.44. The molecule has 2 heterocycles. The van der Waals surface area contributed by atoms with Gasteiger partial charge in [0.15, 0.2) is 0 Å². The predicted octanol–water partition coefficient (Wildman–Crippen LogP) is 5.63. The van der Waals surface area contributed by atoms with Crippen LogP contribution in [-0.2, 0) is 4.79 Å². The van der Waals surface area contributed by atoms with E-state index in [1.807, 2.05) is 44.2 Å². The molecule has 1 fully saturated rings. The molecule has 6 heteroatoms. The normalized spacial score (nSPS) is 16.5. The highest BCUT2D eigenvalue weighted by Gasteiger charge is 2.31. The molecule has 1 saturated heterocycles. The van der Waals surface area contributed by atoms with Gasteiger partial charge >= 0.3 is 0 Å². The third-order valence-electron chi connectivity index (χ3n) is 3.61. The van der Waals surface area contributed by atoms with Gasteiger partial charge in [0.1, 0.15) is 15.8 Å². The lowest BCUT2D eigenvalue weighted by atomic mass is 10.1. The first-order chi connectivity index (χ1) is 11.5. The Morgan fingerprint density at radius 3 is 2.83 bits per heavy atom. The van der Waals surface area contributed by atoms with Crippen LogP contribution in [0.3, 0.4) is 0 Å². The zero-order valence-corrected chi connectivity index (χ0v) is 16.6. The van der Waals surface area contributed by atoms with Gasteiger partial charge in [-0.05, 0) is 43.2 Å². The lowest BCUT2D eigenvalue weighted by molar-refractivity contribution is -0.122. The summed E-state index contributed by atoms with van der Waals surface area (Å²) >= 11 is 10.2. The number of thioether (sulfide) groups is 1. The molecule has 2 aromatic rings. The molecule has 3 nitrogen and oxygen atoms in total. The van der Waals surface area contributed by atoms with Crippen LogP contribution in [0.5, 0.6) is 0 Å². The van der Waals surface area contributed by atoms with Gasteiger partial charge in [-0.25, -0.2) is 0 Å². The number of thiocarbonyl (C=S) groups is 1. The molecule has 1 aromatic heterocycles. The average molecular weight is 422 g/mol. The van der Waals surface area contributed by atoms with Crippen molar-refractivity contribution in [2.75, 3.05) is 6.54 Å². The molecule has 0 spiro atoms. The fraction of sp³-hybridized carbons (Fsp3) is 0.222. The van der Waals surface area contributed by atoms with Crippen LogP contribution in [-0.4, -0.2) is 21.7 Å². The molecular formula is C18H16BrNO2S2. The number of hydrogen-bond acceptors (Lipinski definition) is 4. The molecule has 0 radical (unpaired) electrons. The molecular weight excluding hydrogens is 406 g/mol. The molecule has 1 amide bonds. The number of carbonyl (C=O) groups is 1. The smallest absolute Gasteiger partial charge is 0.266 e. The van der Waals surface area contributed by atoms with Crippen molar-refractivity contribution >= 4 is 56.2 Å². The Hall–Kier alpha value is -1.37. The molecule has 1 aliphatic heterocycles. The third kappa shape index (κ3) is 3.50. The number of furan rings is 1. The van der Waals surface area contributed by atoms with Crippen LogP contribution in [0.2, 0.25) is 0 Å². The van der Waals surface area contributed by atoms with E-state index in [4.69, 9.17) is 16.6 Å². The second kappa shape index (κ2) is 7.25. The van der Waals surface area contributed by atoms with Crippen LogP contribution in [0, 0.1) is 6.92 Å². The molecule has 0 saturated carbocycles. The van der Waals surface area contributed by atoms with Gasteiger partial charge in [-0.1, -0.05) is 52.9 Å². The Balaban J connectivity index is 1.86. The zero-order chi connectivity index (χ0) is 17.3. The second-order valence-corrected chi connectivity index (χ2v) is 8.05. The highest BCUT2D eigenvalue weighted by Crippen LogP contribution is 2.35. The summed E-state index contributed by atoms with van der Waals surface area (Å²) in [7, 11) is 0. The van der Waals surface area contributed by atoms with Gasteiger partial charge in [-0.2, -0.15) is 0 Å². The Bertz CT molecular complexity index is 841. The summed E-state index contributed by atoms with van der Waals surface area (Å²) in [5, 5.41) is 0. The highest BCUT2D eigenvalue weighted by atomic mass is 79.9. The van der Waals surface area contributed by atoms with Crippen molar-refractivity contribution in [2.24, 2.45) is 0 Å². The van der Waals surface area contributed by atoms with Crippen LogP contribution in [0.15, 0.2) is 44.1 Å². The SMILES string of the molecule is CCCN1C(=O)/C(=C\c2ccc(-c3ccc(C)cc3Br)o2)SC1=S. The topological polar surface area (TPSA) is 33.5 Å². The molecule has 0 bridgehead atoms. The molecule has 124 valence electrons. The summed E-state index contributed by atoms with van der Waals surface area (Å²) in [5.41, 5.74) is 2.16. The first-order valence-electron chi connectivity index (χ1n) is 7.61. The highest BCUT2D eigenvalue weighted by molar-refractivity contribution is 9.10. The number of amides is 1. The number of aryl methyl sites for hydroxylation is 1. The van der Waals surface area contributed by atoms with E-state index in [9.17, 15) is 4.79 Å². The standard InChI is InChI=1S/C18H16BrNO2S2/c1-3-8-20-17(21)16(24-18(20)23)10-12-5-7-15(22-12)13-6-4-11(2)9-14(13)19/h4-7,9-10H,3,8H2,1-2H3/b16-10+. The molecule has 1 aliphatic rings. The minimum Gasteiger partial charge on any atom is -0.457 e. The number of benzene rings is 1. The van der Waals surface area contributed by atoms with Crippen molar-refractivity contribution < 1.29 is 9.21 Å². The van der Waals surface area contributed by atoms with E-state index < -0.39 is 0 Å². The largest absolute Gasteiger partial charge is 0.457 e. The van der Waals surface area contributed by atoms with Gasteiger partial charge in [0.25, 0.3) is 5.91 Å². The molecule has 24 heavy (non-hydrogen) atoms. The minimum atomic E-state index is -0.0404. The molecule has 3 rings (SSSR count). The van der Waals surface area contributed by atoms with Crippen molar-refractivity contribution in [1.82, 2.24) is 4.90 Å². The number of hydrogen-bond donors (Lipinski definition) is 0. The second-order valence-electron chi connectivity index (χ2n) is 5.52. The van der Waals surface area contributed by atoms with E-state index >= 15 is 0 Å². The van der Waals surface area contributed by atoms with Gasteiger partial charge in [0, 0.05) is 22.7 Å². The lowest BCUT2D eigenvalue weighted by Crippen LogP contribution is -2.28. The molecule has 0 N–H and O–H groups in total. The fourth-order valence-corrected chi connectivity index (χ4v) is 4.42.